The predicted molar refractivity (Wildman–Crippen MR) is 60.5 cm³/mol. The fraction of sp³-hybridized carbons (Fsp3) is 0.778. The number of hydrogen-bond donors (Lipinski definition) is 1. The molecule has 0 radical (unpaired) electrons. The Bertz CT molecular complexity index is 315. The van der Waals surface area contributed by atoms with Crippen molar-refractivity contribution in [3.8, 4) is 0 Å². The van der Waals surface area contributed by atoms with Crippen molar-refractivity contribution in [3.05, 3.63) is 5.01 Å². The van der Waals surface area contributed by atoms with Crippen LogP contribution in [-0.2, 0) is 4.74 Å². The Labute approximate surface area is 93.5 Å². The molecule has 1 saturated heterocycles. The normalized spacial score (nSPS) is 22.0. The molecule has 6 heteroatoms. The van der Waals surface area contributed by atoms with E-state index in [0.29, 0.717) is 0 Å². The lowest BCUT2D eigenvalue weighted by molar-refractivity contribution is 0.0421. The van der Waals surface area contributed by atoms with Crippen molar-refractivity contribution in [2.24, 2.45) is 0 Å². The summed E-state index contributed by atoms with van der Waals surface area (Å²) in [5.74, 6) is 0. The molecule has 1 unspecified atom stereocenters. The topological polar surface area (TPSA) is 50.3 Å². The summed E-state index contributed by atoms with van der Waals surface area (Å²) in [6, 6.07) is 0. The third-order valence-corrected chi connectivity index (χ3v) is 3.26. The highest BCUT2D eigenvalue weighted by Crippen LogP contribution is 2.21. The monoisotopic (exact) mass is 228 g/mol. The lowest BCUT2D eigenvalue weighted by Crippen LogP contribution is -2.46. The first-order chi connectivity index (χ1) is 7.29. The number of aromatic nitrogens is 2. The molecular formula is C9H16N4OS. The van der Waals surface area contributed by atoms with Crippen LogP contribution in [0.2, 0.25) is 0 Å². The largest absolute Gasteiger partial charge is 0.373 e. The average molecular weight is 228 g/mol. The standard InChI is InChI=1S/C9H16N4OS/c1-7-11-12-9(15-7)13-3-4-14-8(6-13)5-10-2/h8,10H,3-6H2,1-2H3. The second kappa shape index (κ2) is 4.87. The van der Waals surface area contributed by atoms with Gasteiger partial charge in [-0.3, -0.25) is 0 Å². The fourth-order valence-electron chi connectivity index (χ4n) is 1.66. The van der Waals surface area contributed by atoms with Crippen LogP contribution >= 0.6 is 11.3 Å². The van der Waals surface area contributed by atoms with Gasteiger partial charge in [-0.25, -0.2) is 0 Å². The molecule has 0 spiro atoms. The van der Waals surface area contributed by atoms with E-state index in [1.165, 1.54) is 0 Å². The van der Waals surface area contributed by atoms with Gasteiger partial charge < -0.3 is 15.0 Å². The Balaban J connectivity index is 1.98. The summed E-state index contributed by atoms with van der Waals surface area (Å²) in [5, 5.41) is 13.3. The van der Waals surface area contributed by atoms with Gasteiger partial charge in [0.05, 0.1) is 12.7 Å². The maximum absolute atomic E-state index is 5.63. The third-order valence-electron chi connectivity index (χ3n) is 2.36. The molecule has 0 saturated carbocycles. The van der Waals surface area contributed by atoms with E-state index in [-0.39, 0.29) is 6.10 Å². The Hall–Kier alpha value is -0.720. The Morgan fingerprint density at radius 1 is 1.60 bits per heavy atom. The summed E-state index contributed by atoms with van der Waals surface area (Å²) in [7, 11) is 1.94. The molecule has 0 aliphatic carbocycles. The van der Waals surface area contributed by atoms with Gasteiger partial charge in [-0.15, -0.1) is 10.2 Å². The van der Waals surface area contributed by atoms with Crippen LogP contribution in [-0.4, -0.2) is 49.6 Å². The molecule has 1 fully saturated rings. The lowest BCUT2D eigenvalue weighted by atomic mass is 10.3. The Morgan fingerprint density at radius 3 is 3.13 bits per heavy atom. The zero-order chi connectivity index (χ0) is 10.7. The van der Waals surface area contributed by atoms with E-state index >= 15 is 0 Å². The van der Waals surface area contributed by atoms with Crippen LogP contribution in [0.5, 0.6) is 0 Å². The highest BCUT2D eigenvalue weighted by molar-refractivity contribution is 7.15. The minimum Gasteiger partial charge on any atom is -0.373 e. The minimum absolute atomic E-state index is 0.257. The number of likely N-dealkylation sites (N-methyl/N-ethyl adjacent to an activating group) is 1. The van der Waals surface area contributed by atoms with Crippen molar-refractivity contribution in [1.82, 2.24) is 15.5 Å². The summed E-state index contributed by atoms with van der Waals surface area (Å²) in [4.78, 5) is 2.25. The quantitative estimate of drug-likeness (QED) is 0.805. The molecular weight excluding hydrogens is 212 g/mol. The van der Waals surface area contributed by atoms with E-state index in [2.05, 4.69) is 20.4 Å². The fourth-order valence-corrected chi connectivity index (χ4v) is 2.38. The van der Waals surface area contributed by atoms with Gasteiger partial charge in [0, 0.05) is 19.6 Å². The van der Waals surface area contributed by atoms with Crippen molar-refractivity contribution in [2.45, 2.75) is 13.0 Å². The molecule has 1 atom stereocenters. The SMILES string of the molecule is CNCC1CN(c2nnc(C)s2)CCO1. The number of rotatable bonds is 3. The van der Waals surface area contributed by atoms with Gasteiger partial charge in [0.15, 0.2) is 0 Å². The van der Waals surface area contributed by atoms with E-state index in [9.17, 15) is 0 Å². The second-order valence-electron chi connectivity index (χ2n) is 3.60. The Morgan fingerprint density at radius 2 is 2.47 bits per heavy atom. The molecule has 1 aromatic rings. The minimum atomic E-state index is 0.257. The number of morpholine rings is 1. The number of aryl methyl sites for hydroxylation is 1. The maximum atomic E-state index is 5.63. The summed E-state index contributed by atoms with van der Waals surface area (Å²) >= 11 is 1.64. The van der Waals surface area contributed by atoms with Gasteiger partial charge in [-0.1, -0.05) is 11.3 Å². The number of nitrogens with one attached hydrogen (secondary N) is 1. The number of nitrogens with zero attached hydrogens (tertiary/aromatic N) is 3. The Kier molecular flexibility index (Phi) is 3.50. The second-order valence-corrected chi connectivity index (χ2v) is 4.76. The molecule has 1 aromatic heterocycles. The van der Waals surface area contributed by atoms with Crippen molar-refractivity contribution < 1.29 is 4.74 Å². The lowest BCUT2D eigenvalue weighted by Gasteiger charge is -2.32. The van der Waals surface area contributed by atoms with Crippen molar-refractivity contribution >= 4 is 16.5 Å². The maximum Gasteiger partial charge on any atom is 0.208 e. The van der Waals surface area contributed by atoms with Gasteiger partial charge in [0.1, 0.15) is 5.01 Å². The molecule has 15 heavy (non-hydrogen) atoms. The van der Waals surface area contributed by atoms with Crippen molar-refractivity contribution in [1.29, 1.82) is 0 Å². The number of hydrogen-bond acceptors (Lipinski definition) is 6. The highest BCUT2D eigenvalue weighted by atomic mass is 32.1. The van der Waals surface area contributed by atoms with Crippen LogP contribution in [0.4, 0.5) is 5.13 Å². The molecule has 0 aromatic carbocycles. The van der Waals surface area contributed by atoms with E-state index in [1.807, 2.05) is 14.0 Å². The zero-order valence-electron chi connectivity index (χ0n) is 9.06. The van der Waals surface area contributed by atoms with E-state index < -0.39 is 0 Å². The first-order valence-electron chi connectivity index (χ1n) is 5.11. The van der Waals surface area contributed by atoms with Crippen LogP contribution in [0, 0.1) is 6.92 Å². The molecule has 1 aliphatic rings. The summed E-state index contributed by atoms with van der Waals surface area (Å²) in [6.45, 7) is 5.44. The molecule has 2 heterocycles. The van der Waals surface area contributed by atoms with Crippen LogP contribution in [0.3, 0.4) is 0 Å². The van der Waals surface area contributed by atoms with Crippen molar-refractivity contribution in [3.63, 3.8) is 0 Å². The number of anilines is 1. The molecule has 1 aliphatic heterocycles. The summed E-state index contributed by atoms with van der Waals surface area (Å²) < 4.78 is 5.63. The zero-order valence-corrected chi connectivity index (χ0v) is 9.88. The van der Waals surface area contributed by atoms with E-state index in [0.717, 1.165) is 36.4 Å². The van der Waals surface area contributed by atoms with E-state index in [4.69, 9.17) is 4.74 Å². The van der Waals surface area contributed by atoms with Gasteiger partial charge in [-0.05, 0) is 14.0 Å². The highest BCUT2D eigenvalue weighted by Gasteiger charge is 2.22. The molecule has 0 amide bonds. The average Bonchev–Trinajstić information content (AvgIpc) is 2.66. The van der Waals surface area contributed by atoms with Crippen LogP contribution in [0.25, 0.3) is 0 Å². The van der Waals surface area contributed by atoms with Crippen LogP contribution < -0.4 is 10.2 Å². The van der Waals surface area contributed by atoms with Crippen LogP contribution in [0.1, 0.15) is 5.01 Å². The van der Waals surface area contributed by atoms with E-state index in [1.54, 1.807) is 11.3 Å². The summed E-state index contributed by atoms with van der Waals surface area (Å²) in [5.41, 5.74) is 0. The van der Waals surface area contributed by atoms with Gasteiger partial charge in [0.2, 0.25) is 5.13 Å². The predicted octanol–water partition coefficient (Wildman–Crippen LogP) is 0.271. The molecule has 0 bridgehead atoms. The first kappa shape index (κ1) is 10.8. The van der Waals surface area contributed by atoms with Crippen LogP contribution in [0.15, 0.2) is 0 Å². The van der Waals surface area contributed by atoms with Crippen molar-refractivity contribution in [2.75, 3.05) is 38.2 Å². The third kappa shape index (κ3) is 2.64. The molecule has 2 rings (SSSR count). The van der Waals surface area contributed by atoms with Gasteiger partial charge in [0.25, 0.3) is 0 Å². The molecule has 84 valence electrons. The molecule has 1 N–H and O–H groups in total. The molecule has 5 nitrogen and oxygen atoms in total. The summed E-state index contributed by atoms with van der Waals surface area (Å²) in [6.07, 6.45) is 0.257. The smallest absolute Gasteiger partial charge is 0.208 e. The first-order valence-corrected chi connectivity index (χ1v) is 5.92. The van der Waals surface area contributed by atoms with Gasteiger partial charge >= 0.3 is 0 Å². The van der Waals surface area contributed by atoms with Gasteiger partial charge in [-0.2, -0.15) is 0 Å². The number of ether oxygens (including phenoxy) is 1.